The molecule has 3 rings (SSSR count). The van der Waals surface area contributed by atoms with E-state index in [0.29, 0.717) is 11.1 Å². The van der Waals surface area contributed by atoms with Crippen molar-refractivity contribution in [2.45, 2.75) is 19.4 Å². The van der Waals surface area contributed by atoms with E-state index in [2.05, 4.69) is 5.32 Å². The molecule has 7 heteroatoms. The molecule has 1 atom stereocenters. The summed E-state index contributed by atoms with van der Waals surface area (Å²) in [5, 5.41) is 2.72. The van der Waals surface area contributed by atoms with Crippen molar-refractivity contribution >= 4 is 23.7 Å². The Morgan fingerprint density at radius 1 is 1.07 bits per heavy atom. The second-order valence-electron chi connectivity index (χ2n) is 6.48. The summed E-state index contributed by atoms with van der Waals surface area (Å²) in [6.07, 6.45) is 0.0459. The van der Waals surface area contributed by atoms with E-state index in [4.69, 9.17) is 4.74 Å². The molecule has 2 aromatic carbocycles. The molecule has 3 amide bonds. The number of amides is 3. The smallest absolute Gasteiger partial charge is 0.326 e. The summed E-state index contributed by atoms with van der Waals surface area (Å²) >= 11 is 0. The van der Waals surface area contributed by atoms with E-state index in [1.165, 1.54) is 0 Å². The molecule has 1 aliphatic heterocycles. The van der Waals surface area contributed by atoms with Gasteiger partial charge in [0.1, 0.15) is 6.54 Å². The van der Waals surface area contributed by atoms with Crippen LogP contribution in [0.1, 0.15) is 34.5 Å². The Hall–Kier alpha value is -3.48. The van der Waals surface area contributed by atoms with Crippen LogP contribution in [0.15, 0.2) is 54.6 Å². The average molecular weight is 380 g/mol. The van der Waals surface area contributed by atoms with Gasteiger partial charge in [0.05, 0.1) is 12.5 Å². The number of hydrogen-bond donors (Lipinski definition) is 1. The minimum Gasteiger partial charge on any atom is -0.454 e. The average Bonchev–Trinajstić information content (AvgIpc) is 2.70. The molecule has 0 spiro atoms. The van der Waals surface area contributed by atoms with Crippen LogP contribution in [-0.4, -0.2) is 41.7 Å². The monoisotopic (exact) mass is 380 g/mol. The second-order valence-corrected chi connectivity index (χ2v) is 6.48. The van der Waals surface area contributed by atoms with E-state index >= 15 is 0 Å². The molecule has 28 heavy (non-hydrogen) atoms. The van der Waals surface area contributed by atoms with E-state index < -0.39 is 36.8 Å². The first kappa shape index (κ1) is 19.3. The minimum absolute atomic E-state index is 0.0459. The molecular formula is C21H20N2O5. The van der Waals surface area contributed by atoms with Crippen LogP contribution in [0.25, 0.3) is 0 Å². The SMILES string of the molecule is C[C@H](NC(=O)COC(=O)CN1C(=O)Cc2ccccc2C1=O)c1ccccc1. The van der Waals surface area contributed by atoms with Crippen molar-refractivity contribution in [3.8, 4) is 0 Å². The van der Waals surface area contributed by atoms with Crippen molar-refractivity contribution in [1.82, 2.24) is 10.2 Å². The first-order chi connectivity index (χ1) is 13.5. The standard InChI is InChI=1S/C21H20N2O5/c1-14(15-7-3-2-4-8-15)22-18(24)13-28-20(26)12-23-19(25)11-16-9-5-6-10-17(16)21(23)27/h2-10,14H,11-13H2,1H3,(H,22,24)/t14-/m0/s1. The Morgan fingerprint density at radius 3 is 2.50 bits per heavy atom. The molecule has 1 N–H and O–H groups in total. The number of rotatable bonds is 6. The third kappa shape index (κ3) is 4.43. The zero-order valence-corrected chi connectivity index (χ0v) is 15.4. The molecule has 1 aliphatic rings. The van der Waals surface area contributed by atoms with Gasteiger partial charge < -0.3 is 10.1 Å². The quantitative estimate of drug-likeness (QED) is 0.607. The summed E-state index contributed by atoms with van der Waals surface area (Å²) in [6, 6.07) is 15.9. The fraction of sp³-hybridized carbons (Fsp3) is 0.238. The molecule has 0 saturated heterocycles. The predicted octanol–water partition coefficient (Wildman–Crippen LogP) is 1.63. The molecule has 2 aromatic rings. The van der Waals surface area contributed by atoms with Crippen molar-refractivity contribution in [2.75, 3.05) is 13.2 Å². The van der Waals surface area contributed by atoms with Crippen LogP contribution in [0.5, 0.6) is 0 Å². The highest BCUT2D eigenvalue weighted by molar-refractivity contribution is 6.11. The van der Waals surface area contributed by atoms with Crippen LogP contribution in [0.3, 0.4) is 0 Å². The van der Waals surface area contributed by atoms with Crippen LogP contribution < -0.4 is 5.32 Å². The van der Waals surface area contributed by atoms with E-state index in [9.17, 15) is 19.2 Å². The van der Waals surface area contributed by atoms with E-state index in [0.717, 1.165) is 10.5 Å². The summed E-state index contributed by atoms with van der Waals surface area (Å²) in [7, 11) is 0. The number of imide groups is 1. The fourth-order valence-electron chi connectivity index (χ4n) is 2.99. The van der Waals surface area contributed by atoms with Gasteiger partial charge in [0, 0.05) is 5.56 Å². The van der Waals surface area contributed by atoms with Crippen LogP contribution >= 0.6 is 0 Å². The van der Waals surface area contributed by atoms with Crippen LogP contribution in [-0.2, 0) is 25.5 Å². The van der Waals surface area contributed by atoms with Gasteiger partial charge in [-0.25, -0.2) is 0 Å². The number of carbonyl (C=O) groups is 4. The minimum atomic E-state index is -0.816. The van der Waals surface area contributed by atoms with E-state index in [-0.39, 0.29) is 12.5 Å². The largest absolute Gasteiger partial charge is 0.454 e. The molecule has 0 bridgehead atoms. The van der Waals surface area contributed by atoms with Crippen molar-refractivity contribution < 1.29 is 23.9 Å². The summed E-state index contributed by atoms with van der Waals surface area (Å²) in [5.74, 6) is -2.29. The van der Waals surface area contributed by atoms with Gasteiger partial charge in [0.2, 0.25) is 5.91 Å². The van der Waals surface area contributed by atoms with Crippen molar-refractivity contribution in [2.24, 2.45) is 0 Å². The van der Waals surface area contributed by atoms with Gasteiger partial charge in [-0.3, -0.25) is 24.1 Å². The Morgan fingerprint density at radius 2 is 1.75 bits per heavy atom. The van der Waals surface area contributed by atoms with Gasteiger partial charge in [0.15, 0.2) is 6.61 Å². The first-order valence-electron chi connectivity index (χ1n) is 8.88. The van der Waals surface area contributed by atoms with Crippen LogP contribution in [0.4, 0.5) is 0 Å². The fourth-order valence-corrected chi connectivity index (χ4v) is 2.99. The third-order valence-electron chi connectivity index (χ3n) is 4.46. The molecule has 0 saturated carbocycles. The van der Waals surface area contributed by atoms with Gasteiger partial charge in [-0.1, -0.05) is 48.5 Å². The number of nitrogens with zero attached hydrogens (tertiary/aromatic N) is 1. The number of hydrogen-bond acceptors (Lipinski definition) is 5. The molecule has 1 heterocycles. The molecule has 0 radical (unpaired) electrons. The Kier molecular flexibility index (Phi) is 5.84. The highest BCUT2D eigenvalue weighted by Gasteiger charge is 2.32. The summed E-state index contributed by atoms with van der Waals surface area (Å²) in [6.45, 7) is 0.813. The molecule has 0 aromatic heterocycles. The number of nitrogens with one attached hydrogen (secondary N) is 1. The normalized spacial score (nSPS) is 14.2. The third-order valence-corrected chi connectivity index (χ3v) is 4.46. The highest BCUT2D eigenvalue weighted by atomic mass is 16.5. The topological polar surface area (TPSA) is 92.8 Å². The molecular weight excluding hydrogens is 360 g/mol. The Bertz CT molecular complexity index is 910. The number of ether oxygens (including phenoxy) is 1. The van der Waals surface area contributed by atoms with Crippen LogP contribution in [0, 0.1) is 0 Å². The lowest BCUT2D eigenvalue weighted by molar-refractivity contribution is -0.151. The lowest BCUT2D eigenvalue weighted by Crippen LogP contribution is -2.45. The van der Waals surface area contributed by atoms with Gasteiger partial charge in [-0.05, 0) is 24.1 Å². The predicted molar refractivity (Wildman–Crippen MR) is 100 cm³/mol. The van der Waals surface area contributed by atoms with Crippen molar-refractivity contribution in [3.63, 3.8) is 0 Å². The summed E-state index contributed by atoms with van der Waals surface area (Å²) in [5.41, 5.74) is 1.95. The Balaban J connectivity index is 1.51. The summed E-state index contributed by atoms with van der Waals surface area (Å²) in [4.78, 5) is 49.4. The lowest BCUT2D eigenvalue weighted by atomic mass is 9.98. The van der Waals surface area contributed by atoms with E-state index in [1.54, 1.807) is 24.3 Å². The molecule has 0 unspecified atom stereocenters. The maximum Gasteiger partial charge on any atom is 0.326 e. The van der Waals surface area contributed by atoms with Crippen molar-refractivity contribution in [1.29, 1.82) is 0 Å². The number of fused-ring (bicyclic) bond motifs is 1. The number of esters is 1. The molecule has 0 aliphatic carbocycles. The zero-order chi connectivity index (χ0) is 20.1. The first-order valence-corrected chi connectivity index (χ1v) is 8.88. The maximum atomic E-state index is 12.4. The Labute approximate surface area is 162 Å². The number of benzene rings is 2. The second kappa shape index (κ2) is 8.47. The van der Waals surface area contributed by atoms with Gasteiger partial charge in [-0.2, -0.15) is 0 Å². The van der Waals surface area contributed by atoms with E-state index in [1.807, 2.05) is 37.3 Å². The zero-order valence-electron chi connectivity index (χ0n) is 15.4. The molecule has 144 valence electrons. The number of carbonyl (C=O) groups excluding carboxylic acids is 4. The van der Waals surface area contributed by atoms with Gasteiger partial charge in [0.25, 0.3) is 11.8 Å². The maximum absolute atomic E-state index is 12.4. The molecule has 0 fully saturated rings. The van der Waals surface area contributed by atoms with Crippen LogP contribution in [0.2, 0.25) is 0 Å². The highest BCUT2D eigenvalue weighted by Crippen LogP contribution is 2.19. The summed E-state index contributed by atoms with van der Waals surface area (Å²) < 4.78 is 4.93. The van der Waals surface area contributed by atoms with Gasteiger partial charge >= 0.3 is 5.97 Å². The molecule has 7 nitrogen and oxygen atoms in total. The van der Waals surface area contributed by atoms with Crippen molar-refractivity contribution in [3.05, 3.63) is 71.3 Å². The van der Waals surface area contributed by atoms with Gasteiger partial charge in [-0.15, -0.1) is 0 Å². The lowest BCUT2D eigenvalue weighted by Gasteiger charge is -2.25.